The summed E-state index contributed by atoms with van der Waals surface area (Å²) in [6.07, 6.45) is 1.91. The van der Waals surface area contributed by atoms with Gasteiger partial charge in [-0.3, -0.25) is 9.80 Å². The molecule has 1 N–H and O–H groups in total. The minimum absolute atomic E-state index is 0.0662. The fourth-order valence-electron chi connectivity index (χ4n) is 2.57. The van der Waals surface area contributed by atoms with Gasteiger partial charge >= 0.3 is 6.03 Å². The van der Waals surface area contributed by atoms with Crippen molar-refractivity contribution >= 4 is 6.03 Å². The third kappa shape index (κ3) is 4.77. The maximum absolute atomic E-state index is 12.0. The molecule has 0 saturated carbocycles. The van der Waals surface area contributed by atoms with Gasteiger partial charge in [0, 0.05) is 58.9 Å². The average Bonchev–Trinajstić information content (AvgIpc) is 2.49. The summed E-state index contributed by atoms with van der Waals surface area (Å²) in [4.78, 5) is 18.6. The van der Waals surface area contributed by atoms with Gasteiger partial charge in [-0.2, -0.15) is 0 Å². The monoisotopic (exact) mass is 282 g/mol. The molecular weight excluding hydrogens is 256 g/mol. The van der Waals surface area contributed by atoms with Crippen LogP contribution in [0.5, 0.6) is 0 Å². The van der Waals surface area contributed by atoms with E-state index >= 15 is 0 Å². The van der Waals surface area contributed by atoms with Gasteiger partial charge in [0.15, 0.2) is 0 Å². The number of urea groups is 1. The minimum atomic E-state index is 0.0662. The lowest BCUT2D eigenvalue weighted by Crippen LogP contribution is -2.52. The maximum Gasteiger partial charge on any atom is 0.317 e. The van der Waals surface area contributed by atoms with Crippen molar-refractivity contribution in [1.29, 1.82) is 0 Å². The van der Waals surface area contributed by atoms with Crippen LogP contribution in [0.4, 0.5) is 4.79 Å². The van der Waals surface area contributed by atoms with Gasteiger partial charge in [0.05, 0.1) is 13.2 Å². The molecule has 2 rings (SSSR count). The number of nitrogens with one attached hydrogen (secondary N) is 1. The van der Waals surface area contributed by atoms with E-state index in [1.54, 1.807) is 0 Å². The SMILES string of the molecule is C=CCN1CCN(C(=O)NCCN2CCOCC2)CC1. The number of piperazine rings is 1. The van der Waals surface area contributed by atoms with E-state index in [0.717, 1.165) is 65.6 Å². The van der Waals surface area contributed by atoms with Crippen molar-refractivity contribution in [1.82, 2.24) is 20.0 Å². The molecular formula is C14H26N4O2. The highest BCUT2D eigenvalue weighted by Gasteiger charge is 2.20. The van der Waals surface area contributed by atoms with Gasteiger partial charge in [-0.1, -0.05) is 6.08 Å². The zero-order valence-electron chi connectivity index (χ0n) is 12.2. The van der Waals surface area contributed by atoms with Crippen LogP contribution in [0.1, 0.15) is 0 Å². The molecule has 6 nitrogen and oxygen atoms in total. The molecule has 2 amide bonds. The fraction of sp³-hybridized carbons (Fsp3) is 0.786. The summed E-state index contributed by atoms with van der Waals surface area (Å²) in [5.74, 6) is 0. The van der Waals surface area contributed by atoms with Crippen LogP contribution in [-0.2, 0) is 4.74 Å². The highest BCUT2D eigenvalue weighted by molar-refractivity contribution is 5.74. The Morgan fingerprint density at radius 1 is 1.10 bits per heavy atom. The number of carbonyl (C=O) groups is 1. The van der Waals surface area contributed by atoms with Crippen molar-refractivity contribution in [3.63, 3.8) is 0 Å². The minimum Gasteiger partial charge on any atom is -0.379 e. The molecule has 0 aliphatic carbocycles. The zero-order valence-corrected chi connectivity index (χ0v) is 12.2. The second-order valence-electron chi connectivity index (χ2n) is 5.26. The van der Waals surface area contributed by atoms with Crippen molar-refractivity contribution < 1.29 is 9.53 Å². The molecule has 6 heteroatoms. The van der Waals surface area contributed by atoms with Crippen LogP contribution in [0.3, 0.4) is 0 Å². The van der Waals surface area contributed by atoms with E-state index < -0.39 is 0 Å². The van der Waals surface area contributed by atoms with Crippen molar-refractivity contribution in [3.8, 4) is 0 Å². The lowest BCUT2D eigenvalue weighted by atomic mass is 10.3. The fourth-order valence-corrected chi connectivity index (χ4v) is 2.57. The summed E-state index contributed by atoms with van der Waals surface area (Å²) in [6.45, 7) is 13.3. The summed E-state index contributed by atoms with van der Waals surface area (Å²) in [5, 5.41) is 3.01. The molecule has 0 bridgehead atoms. The molecule has 0 atom stereocenters. The molecule has 114 valence electrons. The smallest absolute Gasteiger partial charge is 0.317 e. The van der Waals surface area contributed by atoms with Gasteiger partial charge in [0.25, 0.3) is 0 Å². The summed E-state index contributed by atoms with van der Waals surface area (Å²) in [6, 6.07) is 0.0662. The van der Waals surface area contributed by atoms with E-state index in [1.807, 2.05) is 11.0 Å². The molecule has 0 aromatic heterocycles. The van der Waals surface area contributed by atoms with Gasteiger partial charge in [-0.25, -0.2) is 4.79 Å². The van der Waals surface area contributed by atoms with Gasteiger partial charge in [-0.15, -0.1) is 6.58 Å². The molecule has 2 fully saturated rings. The molecule has 0 unspecified atom stereocenters. The predicted molar refractivity (Wildman–Crippen MR) is 78.9 cm³/mol. The van der Waals surface area contributed by atoms with Crippen molar-refractivity contribution in [3.05, 3.63) is 12.7 Å². The topological polar surface area (TPSA) is 48.0 Å². The Bertz CT molecular complexity index is 310. The number of nitrogens with zero attached hydrogens (tertiary/aromatic N) is 3. The first kappa shape index (κ1) is 15.3. The van der Waals surface area contributed by atoms with E-state index in [-0.39, 0.29) is 6.03 Å². The largest absolute Gasteiger partial charge is 0.379 e. The first-order chi connectivity index (χ1) is 9.79. The van der Waals surface area contributed by atoms with Crippen LogP contribution in [0.2, 0.25) is 0 Å². The van der Waals surface area contributed by atoms with Crippen LogP contribution in [0.25, 0.3) is 0 Å². The third-order valence-corrected chi connectivity index (χ3v) is 3.85. The van der Waals surface area contributed by atoms with Crippen molar-refractivity contribution in [2.24, 2.45) is 0 Å². The summed E-state index contributed by atoms with van der Waals surface area (Å²) >= 11 is 0. The van der Waals surface area contributed by atoms with Crippen LogP contribution >= 0.6 is 0 Å². The van der Waals surface area contributed by atoms with Gasteiger partial charge in [0.2, 0.25) is 0 Å². The van der Waals surface area contributed by atoms with Crippen LogP contribution in [0, 0.1) is 0 Å². The molecule has 0 spiro atoms. The highest BCUT2D eigenvalue weighted by atomic mass is 16.5. The summed E-state index contributed by atoms with van der Waals surface area (Å²) in [5.41, 5.74) is 0. The first-order valence-corrected chi connectivity index (χ1v) is 7.45. The predicted octanol–water partition coefficient (Wildman–Crippen LogP) is -0.168. The van der Waals surface area contributed by atoms with Gasteiger partial charge in [-0.05, 0) is 0 Å². The lowest BCUT2D eigenvalue weighted by molar-refractivity contribution is 0.0385. The Kier molecular flexibility index (Phi) is 6.29. The van der Waals surface area contributed by atoms with E-state index in [1.165, 1.54) is 0 Å². The van der Waals surface area contributed by atoms with Crippen molar-refractivity contribution in [2.75, 3.05) is 72.1 Å². The Morgan fingerprint density at radius 2 is 1.80 bits per heavy atom. The molecule has 0 aromatic carbocycles. The number of amides is 2. The Morgan fingerprint density at radius 3 is 2.45 bits per heavy atom. The molecule has 0 aromatic rings. The number of carbonyl (C=O) groups excluding carboxylic acids is 1. The average molecular weight is 282 g/mol. The van der Waals surface area contributed by atoms with E-state index in [9.17, 15) is 4.79 Å². The number of hydrogen-bond donors (Lipinski definition) is 1. The molecule has 2 heterocycles. The summed E-state index contributed by atoms with van der Waals surface area (Å²) in [7, 11) is 0. The summed E-state index contributed by atoms with van der Waals surface area (Å²) < 4.78 is 5.30. The second kappa shape index (κ2) is 8.24. The van der Waals surface area contributed by atoms with Gasteiger partial charge < -0.3 is 15.0 Å². The van der Waals surface area contributed by atoms with E-state index in [2.05, 4.69) is 21.7 Å². The first-order valence-electron chi connectivity index (χ1n) is 7.45. The molecule has 2 saturated heterocycles. The lowest BCUT2D eigenvalue weighted by Gasteiger charge is -2.34. The maximum atomic E-state index is 12.0. The quantitative estimate of drug-likeness (QED) is 0.712. The van der Waals surface area contributed by atoms with Crippen LogP contribution in [0.15, 0.2) is 12.7 Å². The number of ether oxygens (including phenoxy) is 1. The van der Waals surface area contributed by atoms with Crippen molar-refractivity contribution in [2.45, 2.75) is 0 Å². The van der Waals surface area contributed by atoms with Crippen LogP contribution < -0.4 is 5.32 Å². The molecule has 2 aliphatic heterocycles. The van der Waals surface area contributed by atoms with Gasteiger partial charge in [0.1, 0.15) is 0 Å². The Hall–Kier alpha value is -1.11. The standard InChI is InChI=1S/C14H26N4O2/c1-2-4-16-6-8-18(9-7-16)14(19)15-3-5-17-10-12-20-13-11-17/h2H,1,3-13H2,(H,15,19). The molecule has 20 heavy (non-hydrogen) atoms. The third-order valence-electron chi connectivity index (χ3n) is 3.85. The second-order valence-corrected chi connectivity index (χ2v) is 5.26. The normalized spacial score (nSPS) is 21.7. The molecule has 0 radical (unpaired) electrons. The number of rotatable bonds is 5. The Balaban J connectivity index is 1.59. The Labute approximate surface area is 121 Å². The molecule has 2 aliphatic rings. The zero-order chi connectivity index (χ0) is 14.2. The van der Waals surface area contributed by atoms with Crippen LogP contribution in [-0.4, -0.2) is 92.8 Å². The number of hydrogen-bond acceptors (Lipinski definition) is 4. The van der Waals surface area contributed by atoms with E-state index in [4.69, 9.17) is 4.74 Å². The highest BCUT2D eigenvalue weighted by Crippen LogP contribution is 2.02. The number of morpholine rings is 1. The van der Waals surface area contributed by atoms with E-state index in [0.29, 0.717) is 6.54 Å².